The highest BCUT2D eigenvalue weighted by molar-refractivity contribution is 7.98. The summed E-state index contributed by atoms with van der Waals surface area (Å²) in [5, 5.41) is 5.66. The average molecular weight is 358 g/mol. The Hall–Kier alpha value is -2.47. The van der Waals surface area contributed by atoms with Gasteiger partial charge in [0.2, 0.25) is 5.91 Å². The fraction of sp³-hybridized carbons (Fsp3) is 0.263. The molecule has 0 heterocycles. The van der Waals surface area contributed by atoms with Gasteiger partial charge >= 0.3 is 0 Å². The Kier molecular flexibility index (Phi) is 7.35. The molecule has 132 valence electrons. The summed E-state index contributed by atoms with van der Waals surface area (Å²) in [6.45, 7) is 0. The van der Waals surface area contributed by atoms with Crippen LogP contribution in [0.25, 0.3) is 0 Å². The Bertz CT molecular complexity index is 690. The van der Waals surface area contributed by atoms with Crippen molar-refractivity contribution >= 4 is 29.3 Å². The number of thioether (sulfide) groups is 1. The summed E-state index contributed by atoms with van der Waals surface area (Å²) < 4.78 is 5.09. The first-order valence-corrected chi connectivity index (χ1v) is 9.33. The lowest BCUT2D eigenvalue weighted by Gasteiger charge is -2.18. The molecule has 5 nitrogen and oxygen atoms in total. The number of carbonyl (C=O) groups excluding carboxylic acids is 2. The average Bonchev–Trinajstić information content (AvgIpc) is 2.65. The van der Waals surface area contributed by atoms with Crippen molar-refractivity contribution in [2.45, 2.75) is 12.5 Å². The summed E-state index contributed by atoms with van der Waals surface area (Å²) in [5.74, 6) is 0.951. The van der Waals surface area contributed by atoms with Crippen molar-refractivity contribution in [3.63, 3.8) is 0 Å². The molecule has 0 fully saturated rings. The maximum Gasteiger partial charge on any atom is 0.251 e. The lowest BCUT2D eigenvalue weighted by atomic mass is 10.1. The van der Waals surface area contributed by atoms with E-state index in [9.17, 15) is 9.59 Å². The molecule has 2 N–H and O–H groups in total. The number of amides is 2. The van der Waals surface area contributed by atoms with Crippen LogP contribution in [0.5, 0.6) is 5.75 Å². The van der Waals surface area contributed by atoms with Crippen molar-refractivity contribution in [2.24, 2.45) is 0 Å². The topological polar surface area (TPSA) is 67.4 Å². The third-order valence-corrected chi connectivity index (χ3v) is 4.27. The molecule has 2 aromatic carbocycles. The fourth-order valence-corrected chi connectivity index (χ4v) is 2.71. The Morgan fingerprint density at radius 2 is 1.76 bits per heavy atom. The molecule has 0 aliphatic carbocycles. The van der Waals surface area contributed by atoms with Crippen molar-refractivity contribution in [3.8, 4) is 5.75 Å². The molecule has 0 spiro atoms. The molecular formula is C19H22N2O3S. The van der Waals surface area contributed by atoms with Crippen LogP contribution >= 0.6 is 11.8 Å². The molecule has 0 aliphatic rings. The van der Waals surface area contributed by atoms with Crippen molar-refractivity contribution < 1.29 is 14.3 Å². The lowest BCUT2D eigenvalue weighted by Crippen LogP contribution is -2.44. The summed E-state index contributed by atoms with van der Waals surface area (Å²) in [6, 6.07) is 15.4. The van der Waals surface area contributed by atoms with Crippen molar-refractivity contribution in [2.75, 3.05) is 24.4 Å². The van der Waals surface area contributed by atoms with Gasteiger partial charge < -0.3 is 15.4 Å². The van der Waals surface area contributed by atoms with Crippen LogP contribution in [0.2, 0.25) is 0 Å². The van der Waals surface area contributed by atoms with E-state index in [0.717, 1.165) is 5.75 Å². The number of rotatable bonds is 8. The van der Waals surface area contributed by atoms with Gasteiger partial charge in [-0.1, -0.05) is 18.2 Å². The van der Waals surface area contributed by atoms with Gasteiger partial charge in [0.1, 0.15) is 11.8 Å². The second kappa shape index (κ2) is 9.74. The minimum absolute atomic E-state index is 0.220. The molecule has 0 aromatic heterocycles. The van der Waals surface area contributed by atoms with Crippen LogP contribution in [0.1, 0.15) is 16.8 Å². The van der Waals surface area contributed by atoms with Gasteiger partial charge in [0, 0.05) is 11.3 Å². The molecule has 0 unspecified atom stereocenters. The lowest BCUT2D eigenvalue weighted by molar-refractivity contribution is -0.118. The molecule has 2 aromatic rings. The Morgan fingerprint density at radius 1 is 1.08 bits per heavy atom. The zero-order valence-corrected chi connectivity index (χ0v) is 15.1. The maximum absolute atomic E-state index is 12.5. The first-order chi connectivity index (χ1) is 12.1. The first kappa shape index (κ1) is 18.9. The standard InChI is InChI=1S/C19H22N2O3S/c1-24-16-10-8-14(9-11-16)18(22)21-17(12-13-25-2)19(23)20-15-6-4-3-5-7-15/h3-11,17H,12-13H2,1-2H3,(H,20,23)(H,21,22)/t17-/m1/s1. The highest BCUT2D eigenvalue weighted by Gasteiger charge is 2.21. The number of nitrogens with one attached hydrogen (secondary N) is 2. The van der Waals surface area contributed by atoms with Crippen molar-refractivity contribution in [1.82, 2.24) is 5.32 Å². The minimum Gasteiger partial charge on any atom is -0.497 e. The smallest absolute Gasteiger partial charge is 0.251 e. The SMILES string of the molecule is COc1ccc(C(=O)N[C@H](CCSC)C(=O)Nc2ccccc2)cc1. The molecule has 0 radical (unpaired) electrons. The number of anilines is 1. The summed E-state index contributed by atoms with van der Waals surface area (Å²) in [5.41, 5.74) is 1.20. The predicted octanol–water partition coefficient (Wildman–Crippen LogP) is 3.19. The summed E-state index contributed by atoms with van der Waals surface area (Å²) >= 11 is 1.63. The van der Waals surface area contributed by atoms with Crippen LogP contribution in [-0.2, 0) is 4.79 Å². The second-order valence-corrected chi connectivity index (χ2v) is 6.38. The van der Waals surface area contributed by atoms with Crippen molar-refractivity contribution in [3.05, 3.63) is 60.2 Å². The van der Waals surface area contributed by atoms with Crippen LogP contribution in [0.15, 0.2) is 54.6 Å². The van der Waals surface area contributed by atoms with E-state index >= 15 is 0 Å². The molecule has 0 saturated heterocycles. The number of para-hydroxylation sites is 1. The van der Waals surface area contributed by atoms with E-state index in [-0.39, 0.29) is 11.8 Å². The fourth-order valence-electron chi connectivity index (χ4n) is 2.24. The largest absolute Gasteiger partial charge is 0.497 e. The summed E-state index contributed by atoms with van der Waals surface area (Å²) in [7, 11) is 1.57. The highest BCUT2D eigenvalue weighted by Crippen LogP contribution is 2.13. The minimum atomic E-state index is -0.595. The van der Waals surface area contributed by atoms with E-state index in [2.05, 4.69) is 10.6 Å². The molecule has 0 saturated carbocycles. The molecule has 25 heavy (non-hydrogen) atoms. The highest BCUT2D eigenvalue weighted by atomic mass is 32.2. The number of methoxy groups -OCH3 is 1. The second-order valence-electron chi connectivity index (χ2n) is 5.39. The molecule has 6 heteroatoms. The van der Waals surface area contributed by atoms with Crippen molar-refractivity contribution in [1.29, 1.82) is 0 Å². The maximum atomic E-state index is 12.5. The van der Waals surface area contributed by atoms with E-state index in [1.54, 1.807) is 43.1 Å². The van der Waals surface area contributed by atoms with Crippen LogP contribution < -0.4 is 15.4 Å². The van der Waals surface area contributed by atoms with E-state index in [1.165, 1.54) is 0 Å². The van der Waals surface area contributed by atoms with Gasteiger partial charge in [-0.05, 0) is 54.8 Å². The van der Waals surface area contributed by atoms with E-state index < -0.39 is 6.04 Å². The Labute approximate surface area is 152 Å². The quantitative estimate of drug-likeness (QED) is 0.760. The van der Waals surface area contributed by atoms with Gasteiger partial charge in [-0.15, -0.1) is 0 Å². The van der Waals surface area contributed by atoms with Gasteiger partial charge in [-0.3, -0.25) is 9.59 Å². The number of hydrogen-bond donors (Lipinski definition) is 2. The number of carbonyl (C=O) groups is 2. The van der Waals surface area contributed by atoms with Gasteiger partial charge in [0.25, 0.3) is 5.91 Å². The predicted molar refractivity (Wildman–Crippen MR) is 102 cm³/mol. The van der Waals surface area contributed by atoms with Gasteiger partial charge in [-0.2, -0.15) is 11.8 Å². The van der Waals surface area contributed by atoms with Gasteiger partial charge in [0.15, 0.2) is 0 Å². The Balaban J connectivity index is 2.04. The molecule has 2 rings (SSSR count). The molecule has 2 amide bonds. The van der Waals surface area contributed by atoms with Crippen LogP contribution in [-0.4, -0.2) is 37.0 Å². The normalized spacial score (nSPS) is 11.4. The first-order valence-electron chi connectivity index (χ1n) is 7.94. The van der Waals surface area contributed by atoms with E-state index in [1.807, 2.05) is 36.6 Å². The molecule has 0 aliphatic heterocycles. The third-order valence-electron chi connectivity index (χ3n) is 3.63. The number of ether oxygens (including phenoxy) is 1. The zero-order valence-electron chi connectivity index (χ0n) is 14.3. The van der Waals surface area contributed by atoms with Crippen LogP contribution in [0.4, 0.5) is 5.69 Å². The number of benzene rings is 2. The van der Waals surface area contributed by atoms with Crippen LogP contribution in [0.3, 0.4) is 0 Å². The van der Waals surface area contributed by atoms with Gasteiger partial charge in [-0.25, -0.2) is 0 Å². The van der Waals surface area contributed by atoms with Crippen LogP contribution in [0, 0.1) is 0 Å². The Morgan fingerprint density at radius 3 is 2.36 bits per heavy atom. The molecule has 1 atom stereocenters. The van der Waals surface area contributed by atoms with E-state index in [0.29, 0.717) is 23.4 Å². The third kappa shape index (κ3) is 5.83. The number of hydrogen-bond acceptors (Lipinski definition) is 4. The van der Waals surface area contributed by atoms with E-state index in [4.69, 9.17) is 4.74 Å². The van der Waals surface area contributed by atoms with Gasteiger partial charge in [0.05, 0.1) is 7.11 Å². The molecule has 0 bridgehead atoms. The summed E-state index contributed by atoms with van der Waals surface area (Å²) in [4.78, 5) is 25.0. The monoisotopic (exact) mass is 358 g/mol. The zero-order chi connectivity index (χ0) is 18.1. The molecular weight excluding hydrogens is 336 g/mol. The summed E-state index contributed by atoms with van der Waals surface area (Å²) in [6.07, 6.45) is 2.53.